The first-order valence-corrected chi connectivity index (χ1v) is 12.5. The van der Waals surface area contributed by atoms with Gasteiger partial charge in [-0.05, 0) is 56.5 Å². The summed E-state index contributed by atoms with van der Waals surface area (Å²) < 4.78 is 42.6. The molecule has 1 fully saturated rings. The minimum Gasteiger partial charge on any atom is -0.494 e. The Bertz CT molecular complexity index is 1060. The van der Waals surface area contributed by atoms with Crippen LogP contribution in [0.4, 0.5) is 0 Å². The van der Waals surface area contributed by atoms with Gasteiger partial charge in [-0.15, -0.1) is 0 Å². The summed E-state index contributed by atoms with van der Waals surface area (Å²) in [6.45, 7) is 5.31. The number of hydrogen-bond donors (Lipinski definition) is 0. The van der Waals surface area contributed by atoms with E-state index in [0.717, 1.165) is 17.7 Å². The van der Waals surface area contributed by atoms with Crippen LogP contribution < -0.4 is 4.74 Å². The second kappa shape index (κ2) is 11.3. The van der Waals surface area contributed by atoms with E-state index in [1.165, 1.54) is 16.4 Å². The summed E-state index contributed by atoms with van der Waals surface area (Å²) in [6, 6.07) is 10.4. The molecular weight excluding hydrogens is 448 g/mol. The van der Waals surface area contributed by atoms with E-state index < -0.39 is 16.0 Å². The van der Waals surface area contributed by atoms with Crippen molar-refractivity contribution in [2.75, 3.05) is 39.4 Å². The summed E-state index contributed by atoms with van der Waals surface area (Å²) >= 11 is 0. The molecule has 0 spiro atoms. The minimum absolute atomic E-state index is 0.00481. The predicted octanol–water partition coefficient (Wildman–Crippen LogP) is 2.85. The molecule has 33 heavy (non-hydrogen) atoms. The molecule has 0 atom stereocenters. The maximum atomic E-state index is 12.8. The van der Waals surface area contributed by atoms with Crippen molar-refractivity contribution in [1.82, 2.24) is 9.21 Å². The van der Waals surface area contributed by atoms with Crippen molar-refractivity contribution >= 4 is 21.9 Å². The maximum absolute atomic E-state index is 12.8. The number of benzene rings is 1. The summed E-state index contributed by atoms with van der Waals surface area (Å²) in [7, 11) is -3.89. The highest BCUT2D eigenvalue weighted by molar-refractivity contribution is 7.89. The molecule has 10 heteroatoms. The summed E-state index contributed by atoms with van der Waals surface area (Å²) in [5.74, 6) is -0.0379. The highest BCUT2D eigenvalue weighted by atomic mass is 32.2. The Morgan fingerprint density at radius 2 is 1.82 bits per heavy atom. The second-order valence-electron chi connectivity index (χ2n) is 7.75. The molecule has 1 aromatic heterocycles. The Balaban J connectivity index is 1.41. The molecule has 0 saturated carbocycles. The van der Waals surface area contributed by atoms with Crippen molar-refractivity contribution in [3.8, 4) is 5.75 Å². The molecule has 3 rings (SSSR count). The summed E-state index contributed by atoms with van der Waals surface area (Å²) in [5, 5.41) is -0.307. The molecule has 0 radical (unpaired) electrons. The van der Waals surface area contributed by atoms with Crippen LogP contribution in [-0.4, -0.2) is 68.9 Å². The van der Waals surface area contributed by atoms with Gasteiger partial charge >= 0.3 is 5.97 Å². The first kappa shape index (κ1) is 24.8. The number of sulfonamides is 1. The molecule has 0 N–H and O–H groups in total. The lowest BCUT2D eigenvalue weighted by Crippen LogP contribution is -2.50. The van der Waals surface area contributed by atoms with Crippen LogP contribution in [0.2, 0.25) is 0 Å². The number of esters is 1. The standard InChI is InChI=1S/C23H30N2O7S/c1-3-30-23(27)20-10-11-22(32-20)33(28,29)25-14-12-24(13-15-25)21(26)9-4-5-16-31-19-8-6-7-18(2)17-19/h6-8,10-11,17H,3-5,9,12-16H2,1-2H3. The van der Waals surface area contributed by atoms with Crippen molar-refractivity contribution < 1.29 is 31.9 Å². The van der Waals surface area contributed by atoms with Crippen LogP contribution in [0.1, 0.15) is 42.3 Å². The van der Waals surface area contributed by atoms with E-state index in [0.29, 0.717) is 32.5 Å². The molecule has 1 aliphatic heterocycles. The lowest BCUT2D eigenvalue weighted by atomic mass is 10.2. The van der Waals surface area contributed by atoms with Crippen molar-refractivity contribution in [2.24, 2.45) is 0 Å². The average Bonchev–Trinajstić information content (AvgIpc) is 3.30. The van der Waals surface area contributed by atoms with Gasteiger partial charge in [0, 0.05) is 32.6 Å². The van der Waals surface area contributed by atoms with E-state index in [2.05, 4.69) is 0 Å². The van der Waals surface area contributed by atoms with Gasteiger partial charge in [-0.1, -0.05) is 12.1 Å². The number of carbonyl (C=O) groups is 2. The third-order valence-corrected chi connectivity index (χ3v) is 7.06. The van der Waals surface area contributed by atoms with E-state index in [1.807, 2.05) is 31.2 Å². The van der Waals surface area contributed by atoms with Crippen molar-refractivity contribution in [2.45, 2.75) is 38.2 Å². The van der Waals surface area contributed by atoms with Gasteiger partial charge in [-0.25, -0.2) is 13.2 Å². The summed E-state index contributed by atoms with van der Waals surface area (Å²) in [6.07, 6.45) is 1.85. The van der Waals surface area contributed by atoms with Crippen LogP contribution in [0, 0.1) is 6.92 Å². The number of nitrogens with zero attached hydrogens (tertiary/aromatic N) is 2. The number of piperazine rings is 1. The molecule has 1 saturated heterocycles. The number of carbonyl (C=O) groups excluding carboxylic acids is 2. The third-order valence-electron chi connectivity index (χ3n) is 5.29. The van der Waals surface area contributed by atoms with E-state index in [-0.39, 0.29) is 36.5 Å². The largest absolute Gasteiger partial charge is 0.494 e. The molecule has 2 aromatic rings. The molecule has 0 aliphatic carbocycles. The van der Waals surface area contributed by atoms with Gasteiger partial charge < -0.3 is 18.8 Å². The van der Waals surface area contributed by atoms with Gasteiger partial charge in [0.2, 0.25) is 16.8 Å². The molecule has 2 heterocycles. The minimum atomic E-state index is -3.89. The Labute approximate surface area is 194 Å². The number of aryl methyl sites for hydroxylation is 1. The van der Waals surface area contributed by atoms with Crippen LogP contribution in [-0.2, 0) is 19.6 Å². The number of amides is 1. The van der Waals surface area contributed by atoms with Crippen LogP contribution in [0.5, 0.6) is 5.75 Å². The van der Waals surface area contributed by atoms with Crippen LogP contribution in [0.15, 0.2) is 45.9 Å². The molecule has 1 aliphatic rings. The normalized spacial score (nSPS) is 14.8. The first-order valence-electron chi connectivity index (χ1n) is 11.1. The van der Waals surface area contributed by atoms with E-state index in [1.54, 1.807) is 11.8 Å². The third kappa shape index (κ3) is 6.58. The molecule has 0 unspecified atom stereocenters. The highest BCUT2D eigenvalue weighted by Gasteiger charge is 2.32. The number of unbranched alkanes of at least 4 members (excludes halogenated alkanes) is 1. The Hall–Kier alpha value is -2.85. The van der Waals surface area contributed by atoms with Gasteiger partial charge in [-0.2, -0.15) is 4.31 Å². The van der Waals surface area contributed by atoms with Gasteiger partial charge in [0.15, 0.2) is 0 Å². The van der Waals surface area contributed by atoms with Gasteiger partial charge in [0.05, 0.1) is 13.2 Å². The average molecular weight is 479 g/mol. The molecule has 0 bridgehead atoms. The van der Waals surface area contributed by atoms with Crippen LogP contribution in [0.3, 0.4) is 0 Å². The lowest BCUT2D eigenvalue weighted by molar-refractivity contribution is -0.132. The fraction of sp³-hybridized carbons (Fsp3) is 0.478. The zero-order valence-electron chi connectivity index (χ0n) is 19.0. The lowest BCUT2D eigenvalue weighted by Gasteiger charge is -2.33. The predicted molar refractivity (Wildman–Crippen MR) is 121 cm³/mol. The fourth-order valence-corrected chi connectivity index (χ4v) is 4.84. The van der Waals surface area contributed by atoms with Gasteiger partial charge in [-0.3, -0.25) is 4.79 Å². The van der Waals surface area contributed by atoms with Crippen LogP contribution >= 0.6 is 0 Å². The fourth-order valence-electron chi connectivity index (χ4n) is 3.51. The van der Waals surface area contributed by atoms with Crippen molar-refractivity contribution in [3.63, 3.8) is 0 Å². The Kier molecular flexibility index (Phi) is 8.51. The topological polar surface area (TPSA) is 106 Å². The number of ether oxygens (including phenoxy) is 2. The number of hydrogen-bond acceptors (Lipinski definition) is 7. The van der Waals surface area contributed by atoms with E-state index in [4.69, 9.17) is 13.9 Å². The van der Waals surface area contributed by atoms with Crippen molar-refractivity contribution in [1.29, 1.82) is 0 Å². The molecule has 9 nitrogen and oxygen atoms in total. The highest BCUT2D eigenvalue weighted by Crippen LogP contribution is 2.21. The zero-order valence-corrected chi connectivity index (χ0v) is 19.8. The summed E-state index contributed by atoms with van der Waals surface area (Å²) in [5.41, 5.74) is 1.13. The second-order valence-corrected chi connectivity index (χ2v) is 9.61. The smallest absolute Gasteiger partial charge is 0.374 e. The molecule has 1 amide bonds. The van der Waals surface area contributed by atoms with E-state index >= 15 is 0 Å². The molecular formula is C23H30N2O7S. The van der Waals surface area contributed by atoms with Crippen molar-refractivity contribution in [3.05, 3.63) is 47.7 Å². The van der Waals surface area contributed by atoms with Gasteiger partial charge in [0.1, 0.15) is 5.75 Å². The Morgan fingerprint density at radius 1 is 1.06 bits per heavy atom. The molecule has 180 valence electrons. The number of furan rings is 1. The SMILES string of the molecule is CCOC(=O)c1ccc(S(=O)(=O)N2CCN(C(=O)CCCCOc3cccc(C)c3)CC2)o1. The van der Waals surface area contributed by atoms with Gasteiger partial charge in [0.25, 0.3) is 10.0 Å². The zero-order chi connectivity index (χ0) is 23.8. The quantitative estimate of drug-likeness (QED) is 0.382. The Morgan fingerprint density at radius 3 is 2.52 bits per heavy atom. The van der Waals surface area contributed by atoms with Crippen LogP contribution in [0.25, 0.3) is 0 Å². The first-order chi connectivity index (χ1) is 15.8. The monoisotopic (exact) mass is 478 g/mol. The molecule has 1 aromatic carbocycles. The maximum Gasteiger partial charge on any atom is 0.374 e. The van der Waals surface area contributed by atoms with E-state index in [9.17, 15) is 18.0 Å². The number of rotatable bonds is 10. The summed E-state index contributed by atoms with van der Waals surface area (Å²) in [4.78, 5) is 25.9.